The van der Waals surface area contributed by atoms with Crippen molar-refractivity contribution in [2.24, 2.45) is 0 Å². The van der Waals surface area contributed by atoms with Crippen molar-refractivity contribution < 1.29 is 9.50 Å². The summed E-state index contributed by atoms with van der Waals surface area (Å²) in [6, 6.07) is 14.6. The molecule has 1 N–H and O–H groups in total. The average molecular weight is 244 g/mol. The molecule has 0 saturated heterocycles. The van der Waals surface area contributed by atoms with Crippen LogP contribution in [0.5, 0.6) is 0 Å². The van der Waals surface area contributed by atoms with Gasteiger partial charge in [-0.3, -0.25) is 0 Å². The molecule has 0 fully saturated rings. The SMILES string of the molecule is Cc1cc(F)ccc1C(O)CCc1ccccc1. The lowest BCUT2D eigenvalue weighted by Crippen LogP contribution is -2.02. The average Bonchev–Trinajstić information content (AvgIpc) is 2.37. The van der Waals surface area contributed by atoms with Crippen molar-refractivity contribution in [3.05, 3.63) is 71.0 Å². The summed E-state index contributed by atoms with van der Waals surface area (Å²) in [4.78, 5) is 0. The number of benzene rings is 2. The number of halogens is 1. The fourth-order valence-electron chi connectivity index (χ4n) is 2.12. The number of aliphatic hydroxyl groups excluding tert-OH is 1. The molecule has 0 bridgehead atoms. The van der Waals surface area contributed by atoms with Gasteiger partial charge in [0.15, 0.2) is 0 Å². The van der Waals surface area contributed by atoms with Crippen molar-refractivity contribution in [1.82, 2.24) is 0 Å². The van der Waals surface area contributed by atoms with Gasteiger partial charge in [-0.05, 0) is 48.6 Å². The lowest BCUT2D eigenvalue weighted by molar-refractivity contribution is 0.167. The molecular weight excluding hydrogens is 227 g/mol. The molecule has 0 amide bonds. The predicted molar refractivity (Wildman–Crippen MR) is 70.9 cm³/mol. The Kier molecular flexibility index (Phi) is 4.11. The van der Waals surface area contributed by atoms with E-state index in [-0.39, 0.29) is 5.82 Å². The van der Waals surface area contributed by atoms with Gasteiger partial charge >= 0.3 is 0 Å². The fourth-order valence-corrected chi connectivity index (χ4v) is 2.12. The predicted octanol–water partition coefficient (Wildman–Crippen LogP) is 3.80. The van der Waals surface area contributed by atoms with Gasteiger partial charge in [0.25, 0.3) is 0 Å². The maximum Gasteiger partial charge on any atom is 0.123 e. The smallest absolute Gasteiger partial charge is 0.123 e. The van der Waals surface area contributed by atoms with E-state index in [0.717, 1.165) is 17.5 Å². The molecule has 2 rings (SSSR count). The number of aliphatic hydroxyl groups is 1. The molecule has 0 radical (unpaired) electrons. The van der Waals surface area contributed by atoms with Crippen LogP contribution in [0.3, 0.4) is 0 Å². The van der Waals surface area contributed by atoms with Crippen molar-refractivity contribution in [2.75, 3.05) is 0 Å². The van der Waals surface area contributed by atoms with E-state index < -0.39 is 6.10 Å². The van der Waals surface area contributed by atoms with Crippen LogP contribution in [0, 0.1) is 12.7 Å². The molecule has 1 atom stereocenters. The Bertz CT molecular complexity index is 508. The first-order chi connectivity index (χ1) is 8.66. The third kappa shape index (κ3) is 3.17. The number of hydrogen-bond donors (Lipinski definition) is 1. The molecule has 0 spiro atoms. The zero-order chi connectivity index (χ0) is 13.0. The maximum atomic E-state index is 13.0. The molecule has 0 aromatic heterocycles. The van der Waals surface area contributed by atoms with Crippen LogP contribution in [0.4, 0.5) is 4.39 Å². The number of aryl methyl sites for hydroxylation is 2. The Hall–Kier alpha value is -1.67. The highest BCUT2D eigenvalue weighted by molar-refractivity contribution is 5.28. The van der Waals surface area contributed by atoms with Gasteiger partial charge in [-0.25, -0.2) is 4.39 Å². The van der Waals surface area contributed by atoms with Crippen molar-refractivity contribution in [2.45, 2.75) is 25.9 Å². The van der Waals surface area contributed by atoms with E-state index in [9.17, 15) is 9.50 Å². The van der Waals surface area contributed by atoms with E-state index in [1.165, 1.54) is 17.7 Å². The second-order valence-corrected chi connectivity index (χ2v) is 4.54. The third-order valence-corrected chi connectivity index (χ3v) is 3.14. The second-order valence-electron chi connectivity index (χ2n) is 4.54. The summed E-state index contributed by atoms with van der Waals surface area (Å²) in [5.74, 6) is -0.258. The largest absolute Gasteiger partial charge is 0.388 e. The fraction of sp³-hybridized carbons (Fsp3) is 0.250. The Morgan fingerprint density at radius 2 is 1.83 bits per heavy atom. The molecule has 0 aliphatic carbocycles. The zero-order valence-electron chi connectivity index (χ0n) is 10.4. The van der Waals surface area contributed by atoms with Crippen molar-refractivity contribution in [3.63, 3.8) is 0 Å². The van der Waals surface area contributed by atoms with Gasteiger partial charge in [-0.1, -0.05) is 36.4 Å². The number of hydrogen-bond acceptors (Lipinski definition) is 1. The van der Waals surface area contributed by atoms with Crippen LogP contribution in [0.15, 0.2) is 48.5 Å². The summed E-state index contributed by atoms with van der Waals surface area (Å²) in [6.07, 6.45) is 0.931. The lowest BCUT2D eigenvalue weighted by Gasteiger charge is -2.13. The summed E-state index contributed by atoms with van der Waals surface area (Å²) >= 11 is 0. The summed E-state index contributed by atoms with van der Waals surface area (Å²) in [5, 5.41) is 10.1. The Morgan fingerprint density at radius 3 is 2.50 bits per heavy atom. The summed E-state index contributed by atoms with van der Waals surface area (Å²) in [5.41, 5.74) is 2.82. The van der Waals surface area contributed by atoms with Crippen LogP contribution in [0.25, 0.3) is 0 Å². The topological polar surface area (TPSA) is 20.2 Å². The number of rotatable bonds is 4. The first-order valence-corrected chi connectivity index (χ1v) is 6.15. The van der Waals surface area contributed by atoms with Crippen LogP contribution in [0.1, 0.15) is 29.2 Å². The minimum absolute atomic E-state index is 0.258. The van der Waals surface area contributed by atoms with E-state index in [0.29, 0.717) is 6.42 Å². The van der Waals surface area contributed by atoms with Gasteiger partial charge in [0, 0.05) is 0 Å². The van der Waals surface area contributed by atoms with Crippen LogP contribution in [0.2, 0.25) is 0 Å². The van der Waals surface area contributed by atoms with Gasteiger partial charge in [0.1, 0.15) is 5.82 Å². The van der Waals surface area contributed by atoms with Gasteiger partial charge in [0.05, 0.1) is 6.10 Å². The molecule has 2 aromatic rings. The summed E-state index contributed by atoms with van der Waals surface area (Å²) in [7, 11) is 0. The molecule has 0 aliphatic heterocycles. The second kappa shape index (κ2) is 5.78. The highest BCUT2D eigenvalue weighted by Gasteiger charge is 2.10. The van der Waals surface area contributed by atoms with E-state index in [2.05, 4.69) is 0 Å². The van der Waals surface area contributed by atoms with Crippen molar-refractivity contribution in [3.8, 4) is 0 Å². The molecule has 0 saturated carbocycles. The molecule has 2 heteroatoms. The minimum Gasteiger partial charge on any atom is -0.388 e. The van der Waals surface area contributed by atoms with Crippen molar-refractivity contribution in [1.29, 1.82) is 0 Å². The third-order valence-electron chi connectivity index (χ3n) is 3.14. The molecule has 2 aromatic carbocycles. The van der Waals surface area contributed by atoms with Gasteiger partial charge in [-0.15, -0.1) is 0 Å². The van der Waals surface area contributed by atoms with Crippen LogP contribution in [-0.4, -0.2) is 5.11 Å². The van der Waals surface area contributed by atoms with Crippen LogP contribution < -0.4 is 0 Å². The molecular formula is C16H17FO. The first kappa shape index (κ1) is 12.8. The molecule has 0 aliphatic rings. The minimum atomic E-state index is -0.536. The summed E-state index contributed by atoms with van der Waals surface area (Å²) in [6.45, 7) is 1.82. The van der Waals surface area contributed by atoms with Crippen LogP contribution in [-0.2, 0) is 6.42 Å². The molecule has 1 unspecified atom stereocenters. The highest BCUT2D eigenvalue weighted by Crippen LogP contribution is 2.22. The first-order valence-electron chi connectivity index (χ1n) is 6.15. The highest BCUT2D eigenvalue weighted by atomic mass is 19.1. The maximum absolute atomic E-state index is 13.0. The van der Waals surface area contributed by atoms with Gasteiger partial charge < -0.3 is 5.11 Å². The molecule has 0 heterocycles. The van der Waals surface area contributed by atoms with Gasteiger partial charge in [0.2, 0.25) is 0 Å². The zero-order valence-corrected chi connectivity index (χ0v) is 10.4. The quantitative estimate of drug-likeness (QED) is 0.867. The molecule has 1 nitrogen and oxygen atoms in total. The Labute approximate surface area is 107 Å². The monoisotopic (exact) mass is 244 g/mol. The Morgan fingerprint density at radius 1 is 1.11 bits per heavy atom. The Balaban J connectivity index is 2.01. The van der Waals surface area contributed by atoms with Crippen LogP contribution >= 0.6 is 0 Å². The van der Waals surface area contributed by atoms with Crippen molar-refractivity contribution >= 4 is 0 Å². The molecule has 94 valence electrons. The lowest BCUT2D eigenvalue weighted by atomic mass is 9.98. The van der Waals surface area contributed by atoms with E-state index in [1.807, 2.05) is 37.3 Å². The normalized spacial score (nSPS) is 12.4. The summed E-state index contributed by atoms with van der Waals surface area (Å²) < 4.78 is 13.0. The van der Waals surface area contributed by atoms with E-state index >= 15 is 0 Å². The standard InChI is InChI=1S/C16H17FO/c1-12-11-14(17)8-9-15(12)16(18)10-7-13-5-3-2-4-6-13/h2-6,8-9,11,16,18H,7,10H2,1H3. The van der Waals surface area contributed by atoms with Gasteiger partial charge in [-0.2, -0.15) is 0 Å². The van der Waals surface area contributed by atoms with E-state index in [4.69, 9.17) is 0 Å². The van der Waals surface area contributed by atoms with E-state index in [1.54, 1.807) is 6.07 Å². The molecule has 18 heavy (non-hydrogen) atoms.